The average Bonchev–Trinajstić information content (AvgIpc) is 3.39. The van der Waals surface area contributed by atoms with Crippen LogP contribution in [0.4, 0.5) is 0 Å². The molecule has 0 aliphatic heterocycles. The van der Waals surface area contributed by atoms with Crippen LogP contribution < -0.4 is 0 Å². The number of aromatic nitrogens is 4. The number of rotatable bonds is 18. The van der Waals surface area contributed by atoms with E-state index in [-0.39, 0.29) is 11.9 Å². The Bertz CT molecular complexity index is 2290. The Kier molecular flexibility index (Phi) is 50.1. The predicted molar refractivity (Wildman–Crippen MR) is 309 cm³/mol. The molecular formula is C56H80Cl4N4O16Pt2. The fourth-order valence-electron chi connectivity index (χ4n) is 5.81. The van der Waals surface area contributed by atoms with Crippen molar-refractivity contribution in [2.45, 2.75) is 160 Å². The van der Waals surface area contributed by atoms with Crippen molar-refractivity contribution in [2.75, 3.05) is 13.2 Å². The Morgan fingerprint density at radius 2 is 0.659 bits per heavy atom. The summed E-state index contributed by atoms with van der Waals surface area (Å²) in [5.41, 5.74) is 2.37. The van der Waals surface area contributed by atoms with Crippen LogP contribution in [0.15, 0.2) is 73.3 Å². The summed E-state index contributed by atoms with van der Waals surface area (Å²) >= 11 is -0.944. The molecule has 0 spiro atoms. The summed E-state index contributed by atoms with van der Waals surface area (Å²) in [6.07, 6.45) is 14.8. The number of hydrogen-bond acceptors (Lipinski definition) is 16. The minimum absolute atomic E-state index is 0.369. The Morgan fingerprint density at radius 3 is 0.841 bits per heavy atom. The van der Waals surface area contributed by atoms with E-state index < -0.39 is 80.0 Å². The van der Waals surface area contributed by atoms with Gasteiger partial charge in [-0.05, 0) is 115 Å². The first-order valence-corrected chi connectivity index (χ1v) is 36.6. The minimum atomic E-state index is -0.833. The maximum atomic E-state index is 12.6. The number of carbonyl (C=O) groups is 8. The molecule has 0 saturated carbocycles. The Morgan fingerprint density at radius 1 is 0.451 bits per heavy atom. The molecule has 0 aliphatic carbocycles. The summed E-state index contributed by atoms with van der Waals surface area (Å²) in [4.78, 5) is 103. The van der Waals surface area contributed by atoms with Crippen molar-refractivity contribution >= 4 is 85.4 Å². The first kappa shape index (κ1) is 83.4. The molecule has 0 radical (unpaired) electrons. The monoisotopic (exact) mass is 1590 g/mol. The zero-order chi connectivity index (χ0) is 64.0. The number of unbranched alkanes of at least 4 members (excludes halogenated alkanes) is 2. The summed E-state index contributed by atoms with van der Waals surface area (Å²) in [5, 5.41) is 29.7. The molecule has 4 rings (SSSR count). The van der Waals surface area contributed by atoms with Crippen molar-refractivity contribution in [1.29, 1.82) is 0 Å². The van der Waals surface area contributed by atoms with Gasteiger partial charge in [-0.2, -0.15) is 0 Å². The van der Waals surface area contributed by atoms with Crippen LogP contribution in [0.2, 0.25) is 0 Å². The van der Waals surface area contributed by atoms with E-state index in [1.54, 1.807) is 102 Å². The zero-order valence-electron chi connectivity index (χ0n) is 48.8. The number of halogens is 4. The third-order valence-electron chi connectivity index (χ3n) is 9.29. The van der Waals surface area contributed by atoms with E-state index in [4.69, 9.17) is 96.2 Å². The fourth-order valence-corrected chi connectivity index (χ4v) is 5.81. The van der Waals surface area contributed by atoms with Gasteiger partial charge in [-0.25, -0.2) is 19.2 Å². The van der Waals surface area contributed by atoms with Gasteiger partial charge in [-0.1, -0.05) is 66.2 Å². The maximum absolute atomic E-state index is 12.6. The van der Waals surface area contributed by atoms with Crippen LogP contribution in [0.5, 0.6) is 0 Å². The predicted octanol–water partition coefficient (Wildman–Crippen LogP) is 14.1. The van der Waals surface area contributed by atoms with Gasteiger partial charge in [0.15, 0.2) is 0 Å². The molecule has 2 unspecified atom stereocenters. The van der Waals surface area contributed by atoms with Gasteiger partial charge in [0.25, 0.3) is 23.9 Å². The third-order valence-corrected chi connectivity index (χ3v) is 9.29. The number of carbonyl (C=O) groups excluding carboxylic acids is 4. The van der Waals surface area contributed by atoms with Crippen LogP contribution in [-0.4, -0.2) is 113 Å². The molecule has 0 fully saturated rings. The van der Waals surface area contributed by atoms with E-state index in [0.717, 1.165) is 79.1 Å². The second-order valence-corrected chi connectivity index (χ2v) is 25.5. The van der Waals surface area contributed by atoms with Gasteiger partial charge >= 0.3 is 94.5 Å². The van der Waals surface area contributed by atoms with E-state index in [0.29, 0.717) is 70.1 Å². The van der Waals surface area contributed by atoms with Crippen molar-refractivity contribution in [1.82, 2.24) is 19.9 Å². The van der Waals surface area contributed by atoms with Crippen molar-refractivity contribution in [2.24, 2.45) is 11.8 Å². The molecule has 26 heteroatoms. The van der Waals surface area contributed by atoms with E-state index in [1.807, 2.05) is 0 Å². The standard InChI is InChI=1S/C28H40N2O4.C20H24N2O4.4C2H4O2.4ClH.2Pt/c1-5-9-11-21(7-3)19-33-27(31)23-13-15-29-25(17-23)26-18-24(14-16-30-26)28(32)34-20-22(8-4)12-10-6-2;1-19(2,3)25-17(23)13-7-9-21-15(11-13)16-12-14(8-10-22-16)18(24)26-20(4,5)6;4*1-2(3)4;;;;;;/h13-18,21-22H,5-12,19-20H2,1-4H3;7-12H,1-6H3;4*1H3,(H,3,4);4*1H;;/q;;;;;;;;;;2*+2/p-4. The molecular weight excluding hydrogens is 1520 g/mol. The quantitative estimate of drug-likeness (QED) is 0.0531. The third kappa shape index (κ3) is 49.5. The van der Waals surface area contributed by atoms with Gasteiger partial charge in [0.05, 0.1) is 58.2 Å². The Labute approximate surface area is 515 Å². The van der Waals surface area contributed by atoms with E-state index in [9.17, 15) is 19.2 Å². The molecule has 2 atom stereocenters. The fraction of sp³-hybridized carbons (Fsp3) is 0.500. The summed E-state index contributed by atoms with van der Waals surface area (Å²) in [6, 6.07) is 12.9. The van der Waals surface area contributed by atoms with Gasteiger partial charge in [0.2, 0.25) is 0 Å². The van der Waals surface area contributed by atoms with Crippen LogP contribution >= 0.6 is 37.7 Å². The van der Waals surface area contributed by atoms with Gasteiger partial charge < -0.3 is 39.4 Å². The topological polar surface area (TPSA) is 306 Å². The van der Waals surface area contributed by atoms with E-state index in [1.165, 1.54) is 12.4 Å². The van der Waals surface area contributed by atoms with Crippen molar-refractivity contribution in [3.8, 4) is 22.8 Å². The molecule has 4 heterocycles. The second-order valence-electron chi connectivity index (χ2n) is 18.9. The van der Waals surface area contributed by atoms with Gasteiger partial charge in [0, 0.05) is 52.5 Å². The molecule has 82 heavy (non-hydrogen) atoms. The van der Waals surface area contributed by atoms with Crippen LogP contribution in [0.25, 0.3) is 22.8 Å². The summed E-state index contributed by atoms with van der Waals surface area (Å²) < 4.78 is 21.9. The molecule has 0 amide bonds. The average molecular weight is 1600 g/mol. The van der Waals surface area contributed by atoms with Crippen molar-refractivity contribution in [3.63, 3.8) is 0 Å². The molecule has 468 valence electrons. The number of esters is 4. The number of aliphatic carboxylic acids is 4. The first-order valence-electron chi connectivity index (χ1n) is 25.3. The van der Waals surface area contributed by atoms with Crippen LogP contribution in [0.1, 0.15) is 190 Å². The van der Waals surface area contributed by atoms with Gasteiger partial charge in [0.1, 0.15) is 11.2 Å². The number of carboxylic acid groups (broad SMARTS) is 4. The molecule has 4 N–H and O–H groups in total. The first-order chi connectivity index (χ1) is 38.2. The normalized spacial score (nSPS) is 10.8. The van der Waals surface area contributed by atoms with Crippen LogP contribution in [0, 0.1) is 11.8 Å². The van der Waals surface area contributed by atoms with Gasteiger partial charge in [-0.3, -0.25) is 39.1 Å². The molecule has 4 aromatic rings. The molecule has 4 aromatic heterocycles. The second kappa shape index (κ2) is 49.3. The van der Waals surface area contributed by atoms with Gasteiger partial charge in [-0.15, -0.1) is 0 Å². The Hall–Kier alpha value is -5.10. The SMILES string of the molecule is CC(=O)O.CC(=O)O.CC(=O)O.CC(=O)O.CC(C)(C)OC(=O)c1ccnc(-c2cc(C(=O)OC(C)(C)C)ccn2)c1.CCCCC(CC)COC(=O)c1ccnc(-c2cc(C(=O)OCC(CC)CCCC)ccn2)c1.[Cl][Pt][Cl].[Cl][Pt][Cl]. The summed E-state index contributed by atoms with van der Waals surface area (Å²) in [6.45, 7) is 24.6. The molecule has 0 bridgehead atoms. The Balaban J connectivity index is -0.000000552. The summed E-state index contributed by atoms with van der Waals surface area (Å²) in [7, 11) is 19.5. The number of nitrogens with zero attached hydrogens (tertiary/aromatic N) is 4. The summed E-state index contributed by atoms with van der Waals surface area (Å²) in [5.74, 6) is -4.19. The molecule has 0 aliphatic rings. The number of ether oxygens (including phenoxy) is 4. The number of pyridine rings is 4. The van der Waals surface area contributed by atoms with Crippen LogP contribution in [0.3, 0.4) is 0 Å². The zero-order valence-corrected chi connectivity index (χ0v) is 56.3. The molecule has 20 nitrogen and oxygen atoms in total. The van der Waals surface area contributed by atoms with Crippen molar-refractivity contribution < 1.29 is 111 Å². The van der Waals surface area contributed by atoms with E-state index in [2.05, 4.69) is 47.6 Å². The number of carboxylic acids is 4. The van der Waals surface area contributed by atoms with Crippen molar-refractivity contribution in [3.05, 3.63) is 95.6 Å². The molecule has 0 aromatic carbocycles. The number of hydrogen-bond donors (Lipinski definition) is 4. The van der Waals surface area contributed by atoms with E-state index >= 15 is 0 Å². The van der Waals surface area contributed by atoms with Crippen LogP contribution in [-0.2, 0) is 71.1 Å². The molecule has 0 saturated heterocycles.